The summed E-state index contributed by atoms with van der Waals surface area (Å²) in [5, 5.41) is 1.07. The van der Waals surface area contributed by atoms with Gasteiger partial charge in [-0.2, -0.15) is 4.98 Å². The van der Waals surface area contributed by atoms with Gasteiger partial charge in [-0.15, -0.1) is 0 Å². The quantitative estimate of drug-likeness (QED) is 0.356. The zero-order valence-electron chi connectivity index (χ0n) is 23.5. The number of likely N-dealkylation sites (tertiary alicyclic amines) is 1. The molecule has 0 atom stereocenters. The second-order valence-corrected chi connectivity index (χ2v) is 10.9. The highest BCUT2D eigenvalue weighted by molar-refractivity contribution is 5.94. The Morgan fingerprint density at radius 3 is 2.44 bits per heavy atom. The van der Waals surface area contributed by atoms with Crippen LogP contribution in [0.15, 0.2) is 48.5 Å². The molecule has 0 aliphatic carbocycles. The molecule has 0 saturated carbocycles. The van der Waals surface area contributed by atoms with Gasteiger partial charge in [-0.25, -0.2) is 4.98 Å². The van der Waals surface area contributed by atoms with Crippen LogP contribution in [0, 0.1) is 0 Å². The van der Waals surface area contributed by atoms with Gasteiger partial charge < -0.3 is 24.3 Å². The molecule has 208 valence electrons. The lowest BCUT2D eigenvalue weighted by molar-refractivity contribution is 0.0792. The molecule has 0 bridgehead atoms. The predicted molar refractivity (Wildman–Crippen MR) is 158 cm³/mol. The van der Waals surface area contributed by atoms with Crippen LogP contribution in [-0.4, -0.2) is 92.2 Å². The van der Waals surface area contributed by atoms with Gasteiger partial charge in [-0.1, -0.05) is 18.2 Å². The maximum absolute atomic E-state index is 12.9. The number of benzene rings is 2. The van der Waals surface area contributed by atoms with Crippen LogP contribution in [-0.2, 0) is 0 Å². The summed E-state index contributed by atoms with van der Waals surface area (Å²) in [5.74, 6) is 2.63. The number of hydrogen-bond acceptors (Lipinski definition) is 7. The first kappa shape index (κ1) is 27.2. The summed E-state index contributed by atoms with van der Waals surface area (Å²) in [4.78, 5) is 31.8. The van der Waals surface area contributed by atoms with E-state index in [2.05, 4.69) is 53.1 Å². The number of rotatable bonds is 11. The monoisotopic (exact) mass is 530 g/mol. The first-order valence-corrected chi connectivity index (χ1v) is 14.5. The number of nitrogens with zero attached hydrogens (tertiary/aromatic N) is 6. The van der Waals surface area contributed by atoms with Gasteiger partial charge in [0, 0.05) is 43.7 Å². The molecule has 1 aromatic heterocycles. The topological polar surface area (TPSA) is 65.0 Å². The first-order valence-electron chi connectivity index (χ1n) is 14.5. The van der Waals surface area contributed by atoms with Crippen LogP contribution in [0.25, 0.3) is 10.9 Å². The largest absolute Gasteiger partial charge is 0.492 e. The molecule has 2 aliphatic rings. The zero-order chi connectivity index (χ0) is 27.0. The molecule has 3 heterocycles. The lowest BCUT2D eigenvalue weighted by atomic mass is 10.1. The molecule has 2 aromatic carbocycles. The van der Waals surface area contributed by atoms with E-state index in [0.717, 1.165) is 86.9 Å². The van der Waals surface area contributed by atoms with Crippen molar-refractivity contribution in [3.05, 3.63) is 54.1 Å². The van der Waals surface area contributed by atoms with Crippen LogP contribution < -0.4 is 14.5 Å². The molecule has 0 radical (unpaired) electrons. The lowest BCUT2D eigenvalue weighted by Gasteiger charge is -2.30. The summed E-state index contributed by atoms with van der Waals surface area (Å²) in [6.07, 6.45) is 6.84. The Morgan fingerprint density at radius 1 is 0.872 bits per heavy atom. The first-order chi connectivity index (χ1) is 19.1. The summed E-state index contributed by atoms with van der Waals surface area (Å²) in [6.45, 7) is 6.77. The van der Waals surface area contributed by atoms with E-state index in [1.54, 1.807) is 0 Å². The van der Waals surface area contributed by atoms with Crippen LogP contribution in [0.3, 0.4) is 0 Å². The molecule has 5 rings (SSSR count). The van der Waals surface area contributed by atoms with Crippen molar-refractivity contribution in [2.24, 2.45) is 0 Å². The van der Waals surface area contributed by atoms with Crippen molar-refractivity contribution in [3.63, 3.8) is 0 Å². The van der Waals surface area contributed by atoms with Gasteiger partial charge in [0.15, 0.2) is 0 Å². The Bertz CT molecular complexity index is 1240. The molecule has 2 fully saturated rings. The van der Waals surface area contributed by atoms with E-state index < -0.39 is 0 Å². The van der Waals surface area contributed by atoms with Crippen molar-refractivity contribution in [2.45, 2.75) is 38.5 Å². The average molecular weight is 531 g/mol. The SMILES string of the molecule is CN(C)CCCN(CCOc1cccc(C(=O)N2CCCC2)c1)c1nc(N2CCCCC2)nc2ccccc12. The van der Waals surface area contributed by atoms with E-state index in [4.69, 9.17) is 14.7 Å². The molecule has 0 spiro atoms. The number of para-hydroxylation sites is 1. The number of amides is 1. The summed E-state index contributed by atoms with van der Waals surface area (Å²) in [5.41, 5.74) is 1.68. The summed E-state index contributed by atoms with van der Waals surface area (Å²) >= 11 is 0. The lowest BCUT2D eigenvalue weighted by Crippen LogP contribution is -2.34. The summed E-state index contributed by atoms with van der Waals surface area (Å²) < 4.78 is 6.22. The predicted octanol–water partition coefficient (Wildman–Crippen LogP) is 4.69. The smallest absolute Gasteiger partial charge is 0.253 e. The third kappa shape index (κ3) is 6.98. The standard InChI is InChI=1S/C31H42N6O2/c1-34(2)16-11-21-35(22-23-39-26-13-10-12-25(24-26)30(38)36-17-8-9-18-36)29-27-14-4-5-15-28(27)32-31(33-29)37-19-6-3-7-20-37/h4-5,10,12-15,24H,3,6-9,11,16-23H2,1-2H3. The Kier molecular flexibility index (Phi) is 9.14. The van der Waals surface area contributed by atoms with E-state index >= 15 is 0 Å². The minimum absolute atomic E-state index is 0.0981. The van der Waals surface area contributed by atoms with Crippen molar-refractivity contribution < 1.29 is 9.53 Å². The number of fused-ring (bicyclic) bond motifs is 1. The molecular formula is C31H42N6O2. The molecule has 3 aromatic rings. The highest BCUT2D eigenvalue weighted by atomic mass is 16.5. The number of carbonyl (C=O) groups excluding carboxylic acids is 1. The van der Waals surface area contributed by atoms with E-state index in [9.17, 15) is 4.79 Å². The van der Waals surface area contributed by atoms with Crippen molar-refractivity contribution >= 4 is 28.6 Å². The summed E-state index contributed by atoms with van der Waals surface area (Å²) in [6, 6.07) is 15.9. The van der Waals surface area contributed by atoms with Gasteiger partial charge in [0.25, 0.3) is 5.91 Å². The van der Waals surface area contributed by atoms with E-state index in [1.165, 1.54) is 19.3 Å². The summed E-state index contributed by atoms with van der Waals surface area (Å²) in [7, 11) is 4.22. The Balaban J connectivity index is 1.34. The van der Waals surface area contributed by atoms with Crippen LogP contribution in [0.5, 0.6) is 5.75 Å². The Labute approximate surface area is 232 Å². The normalized spacial score (nSPS) is 15.8. The fourth-order valence-electron chi connectivity index (χ4n) is 5.52. The maximum Gasteiger partial charge on any atom is 0.253 e. The van der Waals surface area contributed by atoms with E-state index in [-0.39, 0.29) is 5.91 Å². The molecule has 2 aliphatic heterocycles. The third-order valence-electron chi connectivity index (χ3n) is 7.65. The molecule has 0 N–H and O–H groups in total. The number of aromatic nitrogens is 2. The van der Waals surface area contributed by atoms with Gasteiger partial charge in [-0.3, -0.25) is 4.79 Å². The Hall–Kier alpha value is -3.39. The Morgan fingerprint density at radius 2 is 1.64 bits per heavy atom. The fraction of sp³-hybridized carbons (Fsp3) is 0.516. The third-order valence-corrected chi connectivity index (χ3v) is 7.65. The minimum atomic E-state index is 0.0981. The van der Waals surface area contributed by atoms with Gasteiger partial charge >= 0.3 is 0 Å². The van der Waals surface area contributed by atoms with Crippen LogP contribution in [0.2, 0.25) is 0 Å². The van der Waals surface area contributed by atoms with Crippen molar-refractivity contribution in [1.29, 1.82) is 0 Å². The number of piperidine rings is 1. The van der Waals surface area contributed by atoms with Crippen LogP contribution >= 0.6 is 0 Å². The number of ether oxygens (including phenoxy) is 1. The van der Waals surface area contributed by atoms with E-state index in [1.807, 2.05) is 29.2 Å². The highest BCUT2D eigenvalue weighted by Crippen LogP contribution is 2.28. The highest BCUT2D eigenvalue weighted by Gasteiger charge is 2.21. The average Bonchev–Trinajstić information content (AvgIpc) is 3.51. The van der Waals surface area contributed by atoms with Gasteiger partial charge in [0.05, 0.1) is 12.1 Å². The van der Waals surface area contributed by atoms with Crippen molar-refractivity contribution in [3.8, 4) is 5.75 Å². The maximum atomic E-state index is 12.9. The fourth-order valence-corrected chi connectivity index (χ4v) is 5.52. The minimum Gasteiger partial charge on any atom is -0.492 e. The van der Waals surface area contributed by atoms with Crippen molar-refractivity contribution in [1.82, 2.24) is 19.8 Å². The molecule has 2 saturated heterocycles. The molecule has 8 heteroatoms. The molecule has 1 amide bonds. The second-order valence-electron chi connectivity index (χ2n) is 10.9. The van der Waals surface area contributed by atoms with Crippen LogP contribution in [0.1, 0.15) is 48.9 Å². The molecule has 0 unspecified atom stereocenters. The molecule has 39 heavy (non-hydrogen) atoms. The zero-order valence-corrected chi connectivity index (χ0v) is 23.5. The molecule has 8 nitrogen and oxygen atoms in total. The van der Waals surface area contributed by atoms with Crippen LogP contribution in [0.4, 0.5) is 11.8 Å². The molecular weight excluding hydrogens is 488 g/mol. The number of carbonyl (C=O) groups is 1. The van der Waals surface area contributed by atoms with Crippen molar-refractivity contribution in [2.75, 3.05) is 76.3 Å². The number of hydrogen-bond donors (Lipinski definition) is 0. The van der Waals surface area contributed by atoms with E-state index in [0.29, 0.717) is 18.7 Å². The van der Waals surface area contributed by atoms with Gasteiger partial charge in [0.2, 0.25) is 5.95 Å². The second kappa shape index (κ2) is 13.1. The van der Waals surface area contributed by atoms with Gasteiger partial charge in [0.1, 0.15) is 18.2 Å². The van der Waals surface area contributed by atoms with Gasteiger partial charge in [-0.05, 0) is 89.5 Å². The number of anilines is 2.